The standard InChI is InChI=1S/C24H34FN7O/c1-31-9-7-18(8-10-31)27-16-3-5-17(6-4-16)28-24(33)23-20-11-19(15-13-26-32(2)14-15)21(25)12-22(20)29-30-23/h3-6,13-14,18-23,27,29-30H,7-12H2,1-2H3,(H,28,33). The Bertz CT molecular complexity index is 956. The first-order chi connectivity index (χ1) is 16.0. The Kier molecular flexibility index (Phi) is 6.36. The molecule has 5 unspecified atom stereocenters. The molecule has 2 aliphatic heterocycles. The summed E-state index contributed by atoms with van der Waals surface area (Å²) in [6.45, 7) is 2.22. The highest BCUT2D eigenvalue weighted by Gasteiger charge is 2.47. The van der Waals surface area contributed by atoms with E-state index in [2.05, 4.69) is 38.5 Å². The number of fused-ring (bicyclic) bond motifs is 1. The van der Waals surface area contributed by atoms with Crippen LogP contribution in [0.15, 0.2) is 36.7 Å². The van der Waals surface area contributed by atoms with Crippen molar-refractivity contribution in [2.45, 2.75) is 55.9 Å². The number of hydrogen-bond donors (Lipinski definition) is 4. The summed E-state index contributed by atoms with van der Waals surface area (Å²) in [5, 5.41) is 10.8. The highest BCUT2D eigenvalue weighted by Crippen LogP contribution is 2.41. The van der Waals surface area contributed by atoms with Crippen LogP contribution in [0.1, 0.15) is 37.2 Å². The Balaban J connectivity index is 1.19. The van der Waals surface area contributed by atoms with E-state index in [-0.39, 0.29) is 23.8 Å². The van der Waals surface area contributed by atoms with E-state index in [1.807, 2.05) is 37.5 Å². The smallest absolute Gasteiger partial charge is 0.243 e. The molecular formula is C24H34FN7O. The summed E-state index contributed by atoms with van der Waals surface area (Å²) in [5.74, 6) is -0.303. The molecule has 1 saturated carbocycles. The van der Waals surface area contributed by atoms with E-state index in [4.69, 9.17) is 0 Å². The molecule has 2 saturated heterocycles. The van der Waals surface area contributed by atoms with E-state index in [0.29, 0.717) is 18.9 Å². The fraction of sp³-hybridized carbons (Fsp3) is 0.583. The van der Waals surface area contributed by atoms with Crippen LogP contribution in [0.25, 0.3) is 0 Å². The number of alkyl halides is 1. The van der Waals surface area contributed by atoms with Crippen LogP contribution in [-0.2, 0) is 11.8 Å². The molecule has 1 amide bonds. The lowest BCUT2D eigenvalue weighted by Crippen LogP contribution is -2.43. The van der Waals surface area contributed by atoms with Crippen LogP contribution in [0.3, 0.4) is 0 Å². The molecule has 1 aliphatic carbocycles. The first-order valence-corrected chi connectivity index (χ1v) is 12.0. The van der Waals surface area contributed by atoms with Gasteiger partial charge in [0.15, 0.2) is 0 Å². The molecule has 5 rings (SSSR count). The SMILES string of the molecule is CN1CCC(Nc2ccc(NC(=O)C3NNC4CC(F)C(c5cnn(C)c5)CC43)cc2)CC1. The minimum Gasteiger partial charge on any atom is -0.382 e. The Morgan fingerprint density at radius 2 is 1.82 bits per heavy atom. The lowest BCUT2D eigenvalue weighted by atomic mass is 9.73. The number of benzene rings is 1. The minimum atomic E-state index is -0.948. The average molecular weight is 456 g/mol. The van der Waals surface area contributed by atoms with Gasteiger partial charge in [0.25, 0.3) is 0 Å². The number of aryl methyl sites for hydroxylation is 1. The number of hydrazine groups is 1. The number of piperidine rings is 1. The van der Waals surface area contributed by atoms with Gasteiger partial charge in [0, 0.05) is 48.5 Å². The van der Waals surface area contributed by atoms with Gasteiger partial charge in [-0.3, -0.25) is 14.9 Å². The summed E-state index contributed by atoms with van der Waals surface area (Å²) < 4.78 is 16.6. The van der Waals surface area contributed by atoms with Crippen LogP contribution in [0, 0.1) is 5.92 Å². The van der Waals surface area contributed by atoms with Crippen LogP contribution in [0.5, 0.6) is 0 Å². The molecule has 4 N–H and O–H groups in total. The van der Waals surface area contributed by atoms with Crippen molar-refractivity contribution in [2.75, 3.05) is 30.8 Å². The Labute approximate surface area is 194 Å². The number of amides is 1. The molecule has 5 atom stereocenters. The van der Waals surface area contributed by atoms with Gasteiger partial charge < -0.3 is 15.5 Å². The van der Waals surface area contributed by atoms with E-state index in [1.54, 1.807) is 10.9 Å². The second-order valence-corrected chi connectivity index (χ2v) is 9.87. The second-order valence-electron chi connectivity index (χ2n) is 9.87. The van der Waals surface area contributed by atoms with Gasteiger partial charge in [0.1, 0.15) is 12.2 Å². The van der Waals surface area contributed by atoms with Crippen LogP contribution in [0.2, 0.25) is 0 Å². The van der Waals surface area contributed by atoms with Crippen molar-refractivity contribution in [2.24, 2.45) is 13.0 Å². The molecule has 9 heteroatoms. The van der Waals surface area contributed by atoms with Crippen molar-refractivity contribution < 1.29 is 9.18 Å². The van der Waals surface area contributed by atoms with E-state index >= 15 is 0 Å². The molecule has 3 fully saturated rings. The van der Waals surface area contributed by atoms with Gasteiger partial charge in [0.05, 0.1) is 6.20 Å². The van der Waals surface area contributed by atoms with Crippen molar-refractivity contribution in [1.29, 1.82) is 0 Å². The van der Waals surface area contributed by atoms with Crippen LogP contribution >= 0.6 is 0 Å². The molecule has 0 bridgehead atoms. The zero-order chi connectivity index (χ0) is 22.9. The van der Waals surface area contributed by atoms with E-state index in [0.717, 1.165) is 42.9 Å². The zero-order valence-electron chi connectivity index (χ0n) is 19.3. The molecule has 178 valence electrons. The molecule has 0 radical (unpaired) electrons. The Morgan fingerprint density at radius 3 is 2.52 bits per heavy atom. The van der Waals surface area contributed by atoms with Gasteiger partial charge in [-0.1, -0.05) is 0 Å². The van der Waals surface area contributed by atoms with Crippen molar-refractivity contribution in [3.63, 3.8) is 0 Å². The first-order valence-electron chi connectivity index (χ1n) is 12.0. The molecule has 1 aromatic carbocycles. The lowest BCUT2D eigenvalue weighted by Gasteiger charge is -2.35. The first kappa shape index (κ1) is 22.3. The van der Waals surface area contributed by atoms with Crippen molar-refractivity contribution in [3.05, 3.63) is 42.2 Å². The Hall–Kier alpha value is -2.49. The number of nitrogens with one attached hydrogen (secondary N) is 4. The predicted molar refractivity (Wildman–Crippen MR) is 127 cm³/mol. The summed E-state index contributed by atoms with van der Waals surface area (Å²) in [6, 6.07) is 7.94. The van der Waals surface area contributed by atoms with Gasteiger partial charge in [0.2, 0.25) is 5.91 Å². The van der Waals surface area contributed by atoms with Crippen molar-refractivity contribution in [1.82, 2.24) is 25.5 Å². The maximum atomic E-state index is 14.9. The van der Waals surface area contributed by atoms with E-state index in [9.17, 15) is 9.18 Å². The van der Waals surface area contributed by atoms with Crippen molar-refractivity contribution >= 4 is 17.3 Å². The number of nitrogens with zero attached hydrogens (tertiary/aromatic N) is 3. The van der Waals surface area contributed by atoms with Crippen LogP contribution < -0.4 is 21.5 Å². The second kappa shape index (κ2) is 9.40. The van der Waals surface area contributed by atoms with Gasteiger partial charge in [-0.15, -0.1) is 0 Å². The number of hydrogen-bond acceptors (Lipinski definition) is 6. The predicted octanol–water partition coefficient (Wildman–Crippen LogP) is 2.24. The highest BCUT2D eigenvalue weighted by molar-refractivity contribution is 5.95. The lowest BCUT2D eigenvalue weighted by molar-refractivity contribution is -0.119. The van der Waals surface area contributed by atoms with Crippen LogP contribution in [0.4, 0.5) is 15.8 Å². The third-order valence-corrected chi connectivity index (χ3v) is 7.49. The molecular weight excluding hydrogens is 421 g/mol. The number of halogens is 1. The fourth-order valence-corrected chi connectivity index (χ4v) is 5.52. The van der Waals surface area contributed by atoms with Crippen LogP contribution in [-0.4, -0.2) is 65.0 Å². The molecule has 8 nitrogen and oxygen atoms in total. The number of aromatic nitrogens is 2. The topological polar surface area (TPSA) is 86.2 Å². The van der Waals surface area contributed by atoms with Gasteiger partial charge in [-0.2, -0.15) is 5.10 Å². The number of rotatable bonds is 5. The molecule has 3 heterocycles. The number of carbonyl (C=O) groups excluding carboxylic acids is 1. The molecule has 0 spiro atoms. The minimum absolute atomic E-state index is 0.0209. The maximum Gasteiger partial charge on any atom is 0.243 e. The van der Waals surface area contributed by atoms with Gasteiger partial charge in [-0.25, -0.2) is 9.82 Å². The van der Waals surface area contributed by atoms with E-state index < -0.39 is 12.2 Å². The highest BCUT2D eigenvalue weighted by atomic mass is 19.1. The summed E-state index contributed by atoms with van der Waals surface area (Å²) in [6.07, 6.45) is 5.94. The normalized spacial score (nSPS) is 30.7. The summed E-state index contributed by atoms with van der Waals surface area (Å²) in [7, 11) is 4.00. The monoisotopic (exact) mass is 455 g/mol. The number of likely N-dealkylation sites (tertiary alicyclic amines) is 1. The average Bonchev–Trinajstić information content (AvgIpc) is 3.42. The maximum absolute atomic E-state index is 14.9. The third-order valence-electron chi connectivity index (χ3n) is 7.49. The van der Waals surface area contributed by atoms with Gasteiger partial charge in [-0.05, 0) is 75.6 Å². The number of anilines is 2. The van der Waals surface area contributed by atoms with Crippen molar-refractivity contribution in [3.8, 4) is 0 Å². The fourth-order valence-electron chi connectivity index (χ4n) is 5.52. The Morgan fingerprint density at radius 1 is 1.09 bits per heavy atom. The molecule has 1 aromatic heterocycles. The number of carbonyl (C=O) groups is 1. The zero-order valence-corrected chi connectivity index (χ0v) is 19.3. The summed E-state index contributed by atoms with van der Waals surface area (Å²) >= 11 is 0. The molecule has 2 aromatic rings. The summed E-state index contributed by atoms with van der Waals surface area (Å²) in [5.41, 5.74) is 9.02. The van der Waals surface area contributed by atoms with E-state index in [1.165, 1.54) is 0 Å². The van der Waals surface area contributed by atoms with Gasteiger partial charge >= 0.3 is 0 Å². The molecule has 33 heavy (non-hydrogen) atoms. The quantitative estimate of drug-likeness (QED) is 0.553. The largest absolute Gasteiger partial charge is 0.382 e. The molecule has 3 aliphatic rings. The summed E-state index contributed by atoms with van der Waals surface area (Å²) in [4.78, 5) is 15.4. The third kappa shape index (κ3) is 4.90.